The molecular weight excluding hydrogens is 368 g/mol. The molecule has 1 aromatic heterocycles. The average molecular weight is 395 g/mol. The molecule has 0 N–H and O–H groups in total. The molecular formula is C26H26N4. The van der Waals surface area contributed by atoms with Gasteiger partial charge in [0.05, 0.1) is 17.4 Å². The Hall–Kier alpha value is -3.24. The maximum absolute atomic E-state index is 4.67. The molecule has 1 atom stereocenters. The van der Waals surface area contributed by atoms with Crippen molar-refractivity contribution in [2.24, 2.45) is 0 Å². The molecule has 4 nitrogen and oxygen atoms in total. The third kappa shape index (κ3) is 3.44. The van der Waals surface area contributed by atoms with Gasteiger partial charge in [0.1, 0.15) is 5.69 Å². The normalized spacial score (nSPS) is 16.0. The predicted octanol–water partition coefficient (Wildman–Crippen LogP) is 5.79. The highest BCUT2D eigenvalue weighted by atomic mass is 15.5. The lowest BCUT2D eigenvalue weighted by Crippen LogP contribution is -2.28. The first-order chi connectivity index (χ1) is 14.8. The summed E-state index contributed by atoms with van der Waals surface area (Å²) in [6.45, 7) is 4.06. The molecule has 3 aromatic carbocycles. The van der Waals surface area contributed by atoms with Crippen LogP contribution in [0.25, 0.3) is 16.9 Å². The van der Waals surface area contributed by atoms with Crippen LogP contribution >= 0.6 is 0 Å². The first-order valence-corrected chi connectivity index (χ1v) is 10.7. The number of aromatic nitrogens is 3. The molecule has 150 valence electrons. The van der Waals surface area contributed by atoms with Crippen LogP contribution in [0.4, 0.5) is 0 Å². The van der Waals surface area contributed by atoms with Crippen LogP contribution in [0.2, 0.25) is 0 Å². The minimum atomic E-state index is 0.243. The Kier molecular flexibility index (Phi) is 5.16. The standard InChI is InChI=1S/C26H26N4/c1-2-11-24-26-25(21-14-7-4-8-15-21)27-28-30(26)23-17-10-9-16-22(23)19-29(24)18-20-12-5-3-6-13-20/h3-10,12-17,24H,2,11,18-19H2,1H3. The summed E-state index contributed by atoms with van der Waals surface area (Å²) in [6.07, 6.45) is 2.17. The summed E-state index contributed by atoms with van der Waals surface area (Å²) in [5.74, 6) is 0. The molecule has 1 aliphatic rings. The summed E-state index contributed by atoms with van der Waals surface area (Å²) < 4.78 is 2.09. The van der Waals surface area contributed by atoms with E-state index in [4.69, 9.17) is 0 Å². The zero-order chi connectivity index (χ0) is 20.3. The van der Waals surface area contributed by atoms with E-state index in [-0.39, 0.29) is 6.04 Å². The van der Waals surface area contributed by atoms with Gasteiger partial charge < -0.3 is 0 Å². The van der Waals surface area contributed by atoms with E-state index in [1.165, 1.54) is 16.8 Å². The molecule has 30 heavy (non-hydrogen) atoms. The Morgan fingerprint density at radius 3 is 2.33 bits per heavy atom. The Morgan fingerprint density at radius 2 is 1.57 bits per heavy atom. The van der Waals surface area contributed by atoms with Crippen LogP contribution in [-0.4, -0.2) is 19.9 Å². The lowest BCUT2D eigenvalue weighted by atomic mass is 10.00. The number of rotatable bonds is 5. The molecule has 0 spiro atoms. The van der Waals surface area contributed by atoms with Gasteiger partial charge in [-0.1, -0.05) is 97.4 Å². The molecule has 1 aliphatic heterocycles. The largest absolute Gasteiger partial charge is 0.286 e. The zero-order valence-corrected chi connectivity index (χ0v) is 17.3. The Balaban J connectivity index is 1.69. The molecule has 4 aromatic rings. The number of nitrogens with zero attached hydrogens (tertiary/aromatic N) is 4. The third-order valence-corrected chi connectivity index (χ3v) is 5.89. The quantitative estimate of drug-likeness (QED) is 0.429. The molecule has 0 radical (unpaired) electrons. The highest BCUT2D eigenvalue weighted by Gasteiger charge is 2.32. The lowest BCUT2D eigenvalue weighted by Gasteiger charge is -2.30. The van der Waals surface area contributed by atoms with Crippen molar-refractivity contribution in [2.75, 3.05) is 0 Å². The van der Waals surface area contributed by atoms with Crippen molar-refractivity contribution in [3.05, 3.63) is 102 Å². The van der Waals surface area contributed by atoms with E-state index < -0.39 is 0 Å². The van der Waals surface area contributed by atoms with Gasteiger partial charge in [0.2, 0.25) is 0 Å². The van der Waals surface area contributed by atoms with Crippen molar-refractivity contribution in [3.63, 3.8) is 0 Å². The third-order valence-electron chi connectivity index (χ3n) is 5.89. The van der Waals surface area contributed by atoms with Gasteiger partial charge >= 0.3 is 0 Å². The number of hydrogen-bond acceptors (Lipinski definition) is 3. The second-order valence-electron chi connectivity index (χ2n) is 7.92. The fourth-order valence-corrected chi connectivity index (χ4v) is 4.50. The second kappa shape index (κ2) is 8.25. The fraction of sp³-hybridized carbons (Fsp3) is 0.231. The summed E-state index contributed by atoms with van der Waals surface area (Å²) in [7, 11) is 0. The van der Waals surface area contributed by atoms with Crippen molar-refractivity contribution < 1.29 is 0 Å². The predicted molar refractivity (Wildman–Crippen MR) is 120 cm³/mol. The van der Waals surface area contributed by atoms with E-state index in [0.29, 0.717) is 0 Å². The Bertz CT molecular complexity index is 1120. The number of hydrogen-bond donors (Lipinski definition) is 0. The lowest BCUT2D eigenvalue weighted by molar-refractivity contribution is 0.168. The summed E-state index contributed by atoms with van der Waals surface area (Å²) in [5.41, 5.74) is 7.07. The number of benzene rings is 3. The van der Waals surface area contributed by atoms with Gasteiger partial charge in [-0.15, -0.1) is 5.10 Å². The molecule has 0 amide bonds. The SMILES string of the molecule is CCCC1c2c(-c3ccccc3)nnn2-c2ccccc2CN1Cc1ccccc1. The topological polar surface area (TPSA) is 34.0 Å². The van der Waals surface area contributed by atoms with Crippen molar-refractivity contribution >= 4 is 0 Å². The van der Waals surface area contributed by atoms with E-state index in [9.17, 15) is 0 Å². The molecule has 0 bridgehead atoms. The van der Waals surface area contributed by atoms with E-state index in [0.717, 1.165) is 42.9 Å². The molecule has 4 heteroatoms. The summed E-state index contributed by atoms with van der Waals surface area (Å²) in [6, 6.07) is 30.0. The monoisotopic (exact) mass is 394 g/mol. The smallest absolute Gasteiger partial charge is 0.118 e. The Labute approximate surface area is 177 Å². The van der Waals surface area contributed by atoms with Gasteiger partial charge in [-0.25, -0.2) is 4.68 Å². The fourth-order valence-electron chi connectivity index (χ4n) is 4.50. The van der Waals surface area contributed by atoms with Crippen LogP contribution in [0.1, 0.15) is 42.6 Å². The van der Waals surface area contributed by atoms with Crippen molar-refractivity contribution in [1.82, 2.24) is 19.9 Å². The molecule has 0 fully saturated rings. The molecule has 5 rings (SSSR count). The highest BCUT2D eigenvalue weighted by molar-refractivity contribution is 5.63. The van der Waals surface area contributed by atoms with Gasteiger partial charge in [0, 0.05) is 18.7 Å². The van der Waals surface area contributed by atoms with E-state index in [2.05, 4.69) is 106 Å². The van der Waals surface area contributed by atoms with Gasteiger partial charge in [0.25, 0.3) is 0 Å². The molecule has 0 saturated heterocycles. The van der Waals surface area contributed by atoms with E-state index >= 15 is 0 Å². The molecule has 2 heterocycles. The summed E-state index contributed by atoms with van der Waals surface area (Å²) in [5, 5.41) is 9.32. The number of fused-ring (bicyclic) bond motifs is 3. The summed E-state index contributed by atoms with van der Waals surface area (Å²) in [4.78, 5) is 2.59. The van der Waals surface area contributed by atoms with Crippen molar-refractivity contribution in [2.45, 2.75) is 38.9 Å². The highest BCUT2D eigenvalue weighted by Crippen LogP contribution is 2.39. The van der Waals surface area contributed by atoms with Gasteiger partial charge in [0.15, 0.2) is 0 Å². The van der Waals surface area contributed by atoms with Crippen molar-refractivity contribution in [1.29, 1.82) is 0 Å². The van der Waals surface area contributed by atoms with Crippen molar-refractivity contribution in [3.8, 4) is 16.9 Å². The van der Waals surface area contributed by atoms with Gasteiger partial charge in [-0.2, -0.15) is 0 Å². The average Bonchev–Trinajstić information content (AvgIpc) is 3.18. The van der Waals surface area contributed by atoms with Crippen LogP contribution < -0.4 is 0 Å². The first kappa shape index (κ1) is 18.8. The molecule has 1 unspecified atom stereocenters. The maximum atomic E-state index is 4.67. The minimum absolute atomic E-state index is 0.243. The van der Waals surface area contributed by atoms with Crippen LogP contribution in [0.5, 0.6) is 0 Å². The molecule has 0 saturated carbocycles. The van der Waals surface area contributed by atoms with Gasteiger partial charge in [-0.3, -0.25) is 4.90 Å². The van der Waals surface area contributed by atoms with Crippen LogP contribution in [-0.2, 0) is 13.1 Å². The van der Waals surface area contributed by atoms with Crippen LogP contribution in [0, 0.1) is 0 Å². The Morgan fingerprint density at radius 1 is 0.867 bits per heavy atom. The maximum Gasteiger partial charge on any atom is 0.118 e. The van der Waals surface area contributed by atoms with E-state index in [1.807, 2.05) is 6.07 Å². The minimum Gasteiger partial charge on any atom is -0.286 e. The summed E-state index contributed by atoms with van der Waals surface area (Å²) >= 11 is 0. The second-order valence-corrected chi connectivity index (χ2v) is 7.92. The van der Waals surface area contributed by atoms with Crippen LogP contribution in [0.15, 0.2) is 84.9 Å². The van der Waals surface area contributed by atoms with Crippen LogP contribution in [0.3, 0.4) is 0 Å². The first-order valence-electron chi connectivity index (χ1n) is 10.7. The zero-order valence-electron chi connectivity index (χ0n) is 17.3. The van der Waals surface area contributed by atoms with Gasteiger partial charge in [-0.05, 0) is 23.6 Å². The molecule has 0 aliphatic carbocycles. The number of para-hydroxylation sites is 1. The van der Waals surface area contributed by atoms with E-state index in [1.54, 1.807) is 0 Å².